The first-order valence-corrected chi connectivity index (χ1v) is 11.3. The van der Waals surface area contributed by atoms with Crippen molar-refractivity contribution in [3.05, 3.63) is 45.5 Å². The Kier molecular flexibility index (Phi) is 6.60. The van der Waals surface area contributed by atoms with Crippen LogP contribution in [-0.4, -0.2) is 54.4 Å². The van der Waals surface area contributed by atoms with E-state index in [1.165, 1.54) is 23.1 Å². The zero-order valence-corrected chi connectivity index (χ0v) is 18.4. The minimum atomic E-state index is -0.990. The molecule has 4 rings (SSSR count). The van der Waals surface area contributed by atoms with E-state index in [-0.39, 0.29) is 6.61 Å². The number of nitrogens with zero attached hydrogens (tertiary/aromatic N) is 5. The highest BCUT2D eigenvalue weighted by Crippen LogP contribution is 2.39. The first-order valence-electron chi connectivity index (χ1n) is 8.82. The fourth-order valence-electron chi connectivity index (χ4n) is 3.14. The molecule has 0 aliphatic carbocycles. The summed E-state index contributed by atoms with van der Waals surface area (Å²) >= 11 is 14.6. The number of rotatable bonds is 5. The maximum atomic E-state index is 10.7. The van der Waals surface area contributed by atoms with Gasteiger partial charge in [0.2, 0.25) is 0 Å². The van der Waals surface area contributed by atoms with Gasteiger partial charge in [-0.15, -0.1) is 16.4 Å². The van der Waals surface area contributed by atoms with Crippen molar-refractivity contribution in [3.8, 4) is 16.8 Å². The van der Waals surface area contributed by atoms with E-state index in [0.29, 0.717) is 37.8 Å². The maximum Gasteiger partial charge on any atom is 0.147 e. The second-order valence-electron chi connectivity index (χ2n) is 6.51. The highest BCUT2D eigenvalue weighted by atomic mass is 35.5. The summed E-state index contributed by atoms with van der Waals surface area (Å²) in [5.41, 5.74) is 0.569. The fraction of sp³-hybridized carbons (Fsp3) is 0.333. The van der Waals surface area contributed by atoms with Gasteiger partial charge in [-0.2, -0.15) is 5.26 Å². The van der Waals surface area contributed by atoms with E-state index in [9.17, 15) is 15.5 Å². The third-order valence-corrected chi connectivity index (χ3v) is 7.16. The van der Waals surface area contributed by atoms with Crippen molar-refractivity contribution in [1.29, 1.82) is 5.26 Å². The van der Waals surface area contributed by atoms with Crippen LogP contribution in [0.25, 0.3) is 10.7 Å². The first-order chi connectivity index (χ1) is 14.5. The van der Waals surface area contributed by atoms with Gasteiger partial charge in [-0.3, -0.25) is 0 Å². The molecule has 1 aliphatic heterocycles. The van der Waals surface area contributed by atoms with Crippen molar-refractivity contribution in [2.45, 2.75) is 35.0 Å². The minimum absolute atomic E-state index is 0.362. The Morgan fingerprint density at radius 3 is 2.93 bits per heavy atom. The Morgan fingerprint density at radius 2 is 2.23 bits per heavy atom. The molecule has 30 heavy (non-hydrogen) atoms. The number of aliphatic hydroxyl groups is 2. The Bertz CT molecular complexity index is 1090. The highest BCUT2D eigenvalue weighted by molar-refractivity contribution is 7.99. The summed E-state index contributed by atoms with van der Waals surface area (Å²) < 4.78 is 7.41. The quantitative estimate of drug-likeness (QED) is 0.566. The molecule has 156 valence electrons. The highest BCUT2D eigenvalue weighted by Gasteiger charge is 2.39. The van der Waals surface area contributed by atoms with Gasteiger partial charge in [0.1, 0.15) is 39.6 Å². The Labute approximate surface area is 190 Å². The number of nitriles is 1. The van der Waals surface area contributed by atoms with Crippen LogP contribution in [0, 0.1) is 11.3 Å². The molecule has 1 aromatic carbocycles. The van der Waals surface area contributed by atoms with Crippen molar-refractivity contribution in [2.75, 3.05) is 6.61 Å². The molecule has 12 heteroatoms. The zero-order chi connectivity index (χ0) is 21.3. The number of thioether (sulfide) groups is 1. The van der Waals surface area contributed by atoms with E-state index < -0.39 is 23.7 Å². The fourth-order valence-corrected chi connectivity index (χ4v) is 5.49. The van der Waals surface area contributed by atoms with Gasteiger partial charge >= 0.3 is 0 Å². The maximum absolute atomic E-state index is 10.7. The topological polar surface area (TPSA) is 117 Å². The van der Waals surface area contributed by atoms with Crippen LogP contribution in [0.5, 0.6) is 0 Å². The lowest BCUT2D eigenvalue weighted by Gasteiger charge is -2.38. The molecule has 8 nitrogen and oxygen atoms in total. The van der Waals surface area contributed by atoms with Gasteiger partial charge in [0.25, 0.3) is 0 Å². The molecule has 0 saturated carbocycles. The van der Waals surface area contributed by atoms with Crippen LogP contribution < -0.4 is 0 Å². The van der Waals surface area contributed by atoms with Gasteiger partial charge in [0, 0.05) is 21.7 Å². The van der Waals surface area contributed by atoms with Crippen LogP contribution in [-0.2, 0) is 4.74 Å². The van der Waals surface area contributed by atoms with E-state index in [1.807, 2.05) is 0 Å². The molecule has 4 atom stereocenters. The van der Waals surface area contributed by atoms with Gasteiger partial charge in [0.15, 0.2) is 0 Å². The van der Waals surface area contributed by atoms with Crippen molar-refractivity contribution in [2.24, 2.45) is 0 Å². The second-order valence-corrected chi connectivity index (χ2v) is 9.39. The van der Waals surface area contributed by atoms with Crippen LogP contribution in [0.4, 0.5) is 0 Å². The predicted molar refractivity (Wildman–Crippen MR) is 114 cm³/mol. The summed E-state index contributed by atoms with van der Waals surface area (Å²) in [6.45, 7) is -0.362. The third-order valence-electron chi connectivity index (χ3n) is 4.58. The average Bonchev–Trinajstić information content (AvgIpc) is 3.38. The lowest BCUT2D eigenvalue weighted by atomic mass is 10.00. The number of hydrogen-bond acceptors (Lipinski definition) is 9. The van der Waals surface area contributed by atoms with E-state index in [1.54, 1.807) is 34.5 Å². The standard InChI is InChI=1S/C18H15Cl2N5O3S2/c19-10-2-1-9(5-21)14(3-10)30-16-4-12(17(27)13(7-26)28-16)25-6-11(23-24-25)18-22-15(20)8-29-18/h1-3,6,8,12-13,16-17,26-27H,4,7H2/t12?,13?,16-,17-/m1/s1. The third kappa shape index (κ3) is 4.48. The van der Waals surface area contributed by atoms with Crippen LogP contribution in [0.15, 0.2) is 34.7 Å². The molecular weight excluding hydrogens is 469 g/mol. The molecule has 2 unspecified atom stereocenters. The molecule has 0 amide bonds. The Balaban J connectivity index is 1.58. The molecule has 1 saturated heterocycles. The van der Waals surface area contributed by atoms with Crippen LogP contribution >= 0.6 is 46.3 Å². The van der Waals surface area contributed by atoms with Gasteiger partial charge in [-0.1, -0.05) is 40.2 Å². The average molecular weight is 484 g/mol. The van der Waals surface area contributed by atoms with Crippen molar-refractivity contribution >= 4 is 46.3 Å². The van der Waals surface area contributed by atoms with Crippen molar-refractivity contribution in [1.82, 2.24) is 20.0 Å². The predicted octanol–water partition coefficient (Wildman–Crippen LogP) is 3.38. The Morgan fingerprint density at radius 1 is 1.40 bits per heavy atom. The van der Waals surface area contributed by atoms with Gasteiger partial charge in [-0.25, -0.2) is 9.67 Å². The number of thiazole rings is 1. The second kappa shape index (κ2) is 9.20. The lowest BCUT2D eigenvalue weighted by molar-refractivity contribution is -0.130. The van der Waals surface area contributed by atoms with Crippen LogP contribution in [0.2, 0.25) is 10.2 Å². The molecule has 3 heterocycles. The molecule has 3 aromatic rings. The van der Waals surface area contributed by atoms with Crippen molar-refractivity contribution in [3.63, 3.8) is 0 Å². The summed E-state index contributed by atoms with van der Waals surface area (Å²) in [5.74, 6) is 0. The number of halogens is 2. The molecule has 0 bridgehead atoms. The van der Waals surface area contributed by atoms with Gasteiger partial charge < -0.3 is 14.9 Å². The van der Waals surface area contributed by atoms with Crippen molar-refractivity contribution < 1.29 is 14.9 Å². The molecule has 1 aliphatic rings. The van der Waals surface area contributed by atoms with E-state index in [0.717, 1.165) is 0 Å². The van der Waals surface area contributed by atoms with Gasteiger partial charge in [0.05, 0.1) is 24.4 Å². The first kappa shape index (κ1) is 21.5. The number of benzene rings is 1. The SMILES string of the molecule is N#Cc1ccc(Cl)cc1S[C@@H]1CC(n2cc(-c3nc(Cl)cs3)nn2)[C@@H](O)C(CO)O1. The minimum Gasteiger partial charge on any atom is -0.394 e. The summed E-state index contributed by atoms with van der Waals surface area (Å²) in [6.07, 6.45) is 0.259. The number of aliphatic hydroxyl groups excluding tert-OH is 2. The molecule has 1 fully saturated rings. The van der Waals surface area contributed by atoms with Crippen LogP contribution in [0.1, 0.15) is 18.0 Å². The number of ether oxygens (including phenoxy) is 1. The summed E-state index contributed by atoms with van der Waals surface area (Å²) in [7, 11) is 0. The molecule has 0 radical (unpaired) electrons. The van der Waals surface area contributed by atoms with E-state index in [4.69, 9.17) is 27.9 Å². The molecule has 0 spiro atoms. The van der Waals surface area contributed by atoms with E-state index >= 15 is 0 Å². The molecule has 2 aromatic heterocycles. The molecule has 2 N–H and O–H groups in total. The zero-order valence-electron chi connectivity index (χ0n) is 15.2. The summed E-state index contributed by atoms with van der Waals surface area (Å²) in [6, 6.07) is 6.63. The summed E-state index contributed by atoms with van der Waals surface area (Å²) in [5, 5.41) is 41.2. The van der Waals surface area contributed by atoms with Gasteiger partial charge in [-0.05, 0) is 18.2 Å². The van der Waals surface area contributed by atoms with E-state index in [2.05, 4.69) is 21.4 Å². The number of aromatic nitrogens is 4. The smallest absolute Gasteiger partial charge is 0.147 e. The molecular formula is C18H15Cl2N5O3S2. The normalized spacial score (nSPS) is 24.0. The monoisotopic (exact) mass is 483 g/mol. The number of hydrogen-bond donors (Lipinski definition) is 2. The Hall–Kier alpha value is -1.71. The largest absolute Gasteiger partial charge is 0.394 e. The lowest BCUT2D eigenvalue weighted by Crippen LogP contribution is -2.47. The summed E-state index contributed by atoms with van der Waals surface area (Å²) in [4.78, 5) is 4.85. The van der Waals surface area contributed by atoms with Crippen LogP contribution in [0.3, 0.4) is 0 Å².